The molecule has 0 aromatic heterocycles. The van der Waals surface area contributed by atoms with Crippen LogP contribution in [0, 0.1) is 0 Å². The predicted octanol–water partition coefficient (Wildman–Crippen LogP) is 2.70. The van der Waals surface area contributed by atoms with Crippen LogP contribution in [0.25, 0.3) is 0 Å². The number of rotatable bonds is 1. The van der Waals surface area contributed by atoms with Gasteiger partial charge in [-0.25, -0.2) is 0 Å². The van der Waals surface area contributed by atoms with E-state index in [0.717, 1.165) is 16.1 Å². The molecule has 0 radical (unpaired) electrons. The van der Waals surface area contributed by atoms with E-state index in [9.17, 15) is 4.79 Å². The Morgan fingerprint density at radius 2 is 2.17 bits per heavy atom. The van der Waals surface area contributed by atoms with Crippen molar-refractivity contribution in [1.29, 1.82) is 0 Å². The molecule has 0 fully saturated rings. The minimum Gasteiger partial charge on any atom is -0.459 e. The highest BCUT2D eigenvalue weighted by molar-refractivity contribution is 6.31. The summed E-state index contributed by atoms with van der Waals surface area (Å²) in [6.45, 7) is 6.26. The lowest BCUT2D eigenvalue weighted by molar-refractivity contribution is -0.157. The number of hydrogen-bond acceptors (Lipinski definition) is 3. The van der Waals surface area contributed by atoms with Gasteiger partial charge in [-0.1, -0.05) is 23.7 Å². The topological polar surface area (TPSA) is 38.3 Å². The standard InChI is InChI=1S/C14H18ClNO2/c1-14(2,3)18-13(17)12-7-10-9(8-16-12)5-4-6-11(10)15/h4-6,12,16H,7-8H2,1-3H3/t12-/m1/s1. The van der Waals surface area contributed by atoms with Crippen molar-refractivity contribution < 1.29 is 9.53 Å². The summed E-state index contributed by atoms with van der Waals surface area (Å²) in [7, 11) is 0. The van der Waals surface area contributed by atoms with Crippen molar-refractivity contribution >= 4 is 17.6 Å². The van der Waals surface area contributed by atoms with E-state index in [4.69, 9.17) is 16.3 Å². The molecule has 0 saturated heterocycles. The maximum absolute atomic E-state index is 12.0. The van der Waals surface area contributed by atoms with Crippen LogP contribution in [0.5, 0.6) is 0 Å². The summed E-state index contributed by atoms with van der Waals surface area (Å²) < 4.78 is 5.39. The van der Waals surface area contributed by atoms with Crippen molar-refractivity contribution in [3.05, 3.63) is 34.3 Å². The Kier molecular flexibility index (Phi) is 3.64. The number of ether oxygens (including phenoxy) is 1. The number of esters is 1. The number of nitrogens with one attached hydrogen (secondary N) is 1. The second-order valence-electron chi connectivity index (χ2n) is 5.55. The molecule has 0 unspecified atom stereocenters. The fourth-order valence-electron chi connectivity index (χ4n) is 2.05. The van der Waals surface area contributed by atoms with E-state index in [-0.39, 0.29) is 12.0 Å². The van der Waals surface area contributed by atoms with Crippen molar-refractivity contribution in [3.63, 3.8) is 0 Å². The Morgan fingerprint density at radius 3 is 2.83 bits per heavy atom. The van der Waals surface area contributed by atoms with Crippen molar-refractivity contribution in [2.24, 2.45) is 0 Å². The van der Waals surface area contributed by atoms with Gasteiger partial charge in [-0.15, -0.1) is 0 Å². The van der Waals surface area contributed by atoms with Crippen LogP contribution in [-0.4, -0.2) is 17.6 Å². The zero-order valence-corrected chi connectivity index (χ0v) is 11.7. The first-order valence-electron chi connectivity index (χ1n) is 6.09. The van der Waals surface area contributed by atoms with E-state index >= 15 is 0 Å². The lowest BCUT2D eigenvalue weighted by Crippen LogP contribution is -2.45. The summed E-state index contributed by atoms with van der Waals surface area (Å²) >= 11 is 6.17. The van der Waals surface area contributed by atoms with Crippen LogP contribution in [0.1, 0.15) is 31.9 Å². The molecule has 1 atom stereocenters. The van der Waals surface area contributed by atoms with Gasteiger partial charge in [0.1, 0.15) is 11.6 Å². The molecule has 3 nitrogen and oxygen atoms in total. The quantitative estimate of drug-likeness (QED) is 0.795. The monoisotopic (exact) mass is 267 g/mol. The van der Waals surface area contributed by atoms with Gasteiger partial charge in [0.15, 0.2) is 0 Å². The number of carbonyl (C=O) groups is 1. The summed E-state index contributed by atoms with van der Waals surface area (Å²) in [4.78, 5) is 12.0. The minimum atomic E-state index is -0.459. The lowest BCUT2D eigenvalue weighted by atomic mass is 9.95. The van der Waals surface area contributed by atoms with Crippen molar-refractivity contribution in [3.8, 4) is 0 Å². The zero-order valence-electron chi connectivity index (χ0n) is 10.9. The number of halogens is 1. The van der Waals surface area contributed by atoms with Crippen LogP contribution in [0.3, 0.4) is 0 Å². The highest BCUT2D eigenvalue weighted by atomic mass is 35.5. The van der Waals surface area contributed by atoms with Gasteiger partial charge in [0, 0.05) is 18.0 Å². The van der Waals surface area contributed by atoms with Gasteiger partial charge < -0.3 is 10.1 Å². The Bertz CT molecular complexity index is 465. The van der Waals surface area contributed by atoms with E-state index in [1.807, 2.05) is 39.0 Å². The number of hydrogen-bond donors (Lipinski definition) is 1. The van der Waals surface area contributed by atoms with Gasteiger partial charge in [-0.05, 0) is 38.0 Å². The van der Waals surface area contributed by atoms with Crippen molar-refractivity contribution in [1.82, 2.24) is 5.32 Å². The van der Waals surface area contributed by atoms with Crippen LogP contribution >= 0.6 is 11.6 Å². The second-order valence-corrected chi connectivity index (χ2v) is 5.96. The van der Waals surface area contributed by atoms with Crippen LogP contribution in [0.4, 0.5) is 0 Å². The van der Waals surface area contributed by atoms with Gasteiger partial charge in [0.05, 0.1) is 0 Å². The SMILES string of the molecule is CC(C)(C)OC(=O)[C@H]1Cc2c(Cl)cccc2CN1. The van der Waals surface area contributed by atoms with Crippen LogP contribution in [0.15, 0.2) is 18.2 Å². The van der Waals surface area contributed by atoms with Gasteiger partial charge in [-0.3, -0.25) is 4.79 Å². The van der Waals surface area contributed by atoms with Crippen LogP contribution < -0.4 is 5.32 Å². The summed E-state index contributed by atoms with van der Waals surface area (Å²) in [5, 5.41) is 3.92. The average molecular weight is 268 g/mol. The normalized spacial score (nSPS) is 19.2. The molecule has 18 heavy (non-hydrogen) atoms. The van der Waals surface area contributed by atoms with Gasteiger partial charge in [-0.2, -0.15) is 0 Å². The highest BCUT2D eigenvalue weighted by Crippen LogP contribution is 2.25. The van der Waals surface area contributed by atoms with Crippen molar-refractivity contribution in [2.45, 2.75) is 45.4 Å². The van der Waals surface area contributed by atoms with E-state index in [0.29, 0.717) is 13.0 Å². The molecule has 0 saturated carbocycles. The molecular weight excluding hydrogens is 250 g/mol. The number of carbonyl (C=O) groups excluding carboxylic acids is 1. The lowest BCUT2D eigenvalue weighted by Gasteiger charge is -2.28. The van der Waals surface area contributed by atoms with Gasteiger partial charge in [0.2, 0.25) is 0 Å². The molecule has 1 aliphatic heterocycles. The average Bonchev–Trinajstić information content (AvgIpc) is 2.27. The largest absolute Gasteiger partial charge is 0.459 e. The number of benzene rings is 1. The zero-order chi connectivity index (χ0) is 13.3. The van der Waals surface area contributed by atoms with Crippen molar-refractivity contribution in [2.75, 3.05) is 0 Å². The maximum Gasteiger partial charge on any atom is 0.324 e. The molecule has 2 rings (SSSR count). The molecule has 0 bridgehead atoms. The first kappa shape index (κ1) is 13.4. The van der Waals surface area contributed by atoms with E-state index in [2.05, 4.69) is 5.32 Å². The number of fused-ring (bicyclic) bond motifs is 1. The fourth-order valence-corrected chi connectivity index (χ4v) is 2.32. The van der Waals surface area contributed by atoms with E-state index < -0.39 is 5.60 Å². The molecule has 0 amide bonds. The van der Waals surface area contributed by atoms with Gasteiger partial charge in [0.25, 0.3) is 0 Å². The van der Waals surface area contributed by atoms with Crippen LogP contribution in [0.2, 0.25) is 5.02 Å². The Labute approximate surface area is 112 Å². The molecule has 1 N–H and O–H groups in total. The molecule has 1 aromatic carbocycles. The molecule has 1 heterocycles. The highest BCUT2D eigenvalue weighted by Gasteiger charge is 2.29. The van der Waals surface area contributed by atoms with E-state index in [1.165, 1.54) is 0 Å². The third-order valence-corrected chi connectivity index (χ3v) is 3.21. The molecule has 0 aliphatic carbocycles. The summed E-state index contributed by atoms with van der Waals surface area (Å²) in [5.74, 6) is -0.215. The summed E-state index contributed by atoms with van der Waals surface area (Å²) in [6, 6.07) is 5.50. The third-order valence-electron chi connectivity index (χ3n) is 2.85. The molecular formula is C14H18ClNO2. The Balaban J connectivity index is 2.12. The summed E-state index contributed by atoms with van der Waals surface area (Å²) in [5.41, 5.74) is 1.75. The second kappa shape index (κ2) is 4.90. The maximum atomic E-state index is 12.0. The molecule has 98 valence electrons. The Hall–Kier alpha value is -1.06. The van der Waals surface area contributed by atoms with E-state index in [1.54, 1.807) is 0 Å². The van der Waals surface area contributed by atoms with Crippen LogP contribution in [-0.2, 0) is 22.5 Å². The smallest absolute Gasteiger partial charge is 0.324 e. The third kappa shape index (κ3) is 3.03. The molecule has 1 aromatic rings. The molecule has 0 spiro atoms. The van der Waals surface area contributed by atoms with Gasteiger partial charge >= 0.3 is 5.97 Å². The predicted molar refractivity (Wildman–Crippen MR) is 71.6 cm³/mol. The minimum absolute atomic E-state index is 0.215. The molecule has 1 aliphatic rings. The first-order valence-corrected chi connectivity index (χ1v) is 6.47. The first-order chi connectivity index (χ1) is 8.37. The fraction of sp³-hybridized carbons (Fsp3) is 0.500. The molecule has 4 heteroatoms. The summed E-state index contributed by atoms with van der Waals surface area (Å²) in [6.07, 6.45) is 0.587. The Morgan fingerprint density at radius 1 is 1.44 bits per heavy atom.